The number of hydrogen-bond donors (Lipinski definition) is 2. The van der Waals surface area contributed by atoms with Crippen molar-refractivity contribution >= 4 is 18.3 Å². The van der Waals surface area contributed by atoms with E-state index in [0.29, 0.717) is 18.8 Å². The summed E-state index contributed by atoms with van der Waals surface area (Å²) in [6, 6.07) is 6.38. The number of hydrogen-bond acceptors (Lipinski definition) is 4. The minimum Gasteiger partial charge on any atom is -0.444 e. The fourth-order valence-electron chi connectivity index (χ4n) is 3.93. The molecule has 30 heavy (non-hydrogen) atoms. The standard InChI is InChI=1S/C24H36N2O4/c1-17-10-8-9-13-19(17)15-21(26-23(29)30-24(2,3)4)22(28)25-20(16-27)14-18-11-6-5-7-12-18/h8-10,13,16,18,20-21H,5-7,11-12,14-15H2,1-4H3,(H,25,28)(H,26,29)/t20-,21-/m0/s1. The molecule has 6 heteroatoms. The first kappa shape index (κ1) is 23.9. The number of rotatable bonds is 8. The van der Waals surface area contributed by atoms with Crippen LogP contribution in [-0.2, 0) is 20.7 Å². The second kappa shape index (κ2) is 11.1. The lowest BCUT2D eigenvalue weighted by atomic mass is 9.85. The molecule has 2 atom stereocenters. The highest BCUT2D eigenvalue weighted by Crippen LogP contribution is 2.27. The van der Waals surface area contributed by atoms with Crippen molar-refractivity contribution in [3.8, 4) is 0 Å². The Morgan fingerprint density at radius 1 is 1.13 bits per heavy atom. The monoisotopic (exact) mass is 416 g/mol. The maximum Gasteiger partial charge on any atom is 0.408 e. The molecule has 0 bridgehead atoms. The number of amides is 2. The van der Waals surface area contributed by atoms with Crippen molar-refractivity contribution in [1.82, 2.24) is 10.6 Å². The molecule has 1 aliphatic rings. The molecular formula is C24H36N2O4. The fourth-order valence-corrected chi connectivity index (χ4v) is 3.93. The number of aryl methyl sites for hydroxylation is 1. The van der Waals surface area contributed by atoms with Gasteiger partial charge in [-0.15, -0.1) is 0 Å². The second-order valence-electron chi connectivity index (χ2n) is 9.32. The summed E-state index contributed by atoms with van der Waals surface area (Å²) in [7, 11) is 0. The summed E-state index contributed by atoms with van der Waals surface area (Å²) in [6.07, 6.45) is 6.95. The number of nitrogens with one attached hydrogen (secondary N) is 2. The molecule has 0 aromatic heterocycles. The summed E-state index contributed by atoms with van der Waals surface area (Å²) in [5.74, 6) is 0.0971. The number of carbonyl (C=O) groups is 3. The smallest absolute Gasteiger partial charge is 0.408 e. The highest BCUT2D eigenvalue weighted by molar-refractivity contribution is 5.87. The summed E-state index contributed by atoms with van der Waals surface area (Å²) < 4.78 is 5.34. The Balaban J connectivity index is 2.08. The van der Waals surface area contributed by atoms with Gasteiger partial charge in [-0.25, -0.2) is 4.79 Å². The van der Waals surface area contributed by atoms with Gasteiger partial charge in [-0.05, 0) is 51.2 Å². The average Bonchev–Trinajstić information content (AvgIpc) is 2.67. The van der Waals surface area contributed by atoms with Crippen LogP contribution in [0.4, 0.5) is 4.79 Å². The highest BCUT2D eigenvalue weighted by atomic mass is 16.6. The minimum absolute atomic E-state index is 0.326. The summed E-state index contributed by atoms with van der Waals surface area (Å²) in [4.78, 5) is 37.0. The van der Waals surface area contributed by atoms with Crippen LogP contribution >= 0.6 is 0 Å². The van der Waals surface area contributed by atoms with E-state index in [4.69, 9.17) is 4.74 Å². The quantitative estimate of drug-likeness (QED) is 0.625. The summed E-state index contributed by atoms with van der Waals surface area (Å²) in [5, 5.41) is 5.54. The molecule has 0 heterocycles. The first-order valence-electron chi connectivity index (χ1n) is 11.0. The molecule has 2 amide bonds. The van der Waals surface area contributed by atoms with Crippen molar-refractivity contribution in [2.45, 2.75) is 90.3 Å². The molecule has 6 nitrogen and oxygen atoms in total. The van der Waals surface area contributed by atoms with Gasteiger partial charge in [0.15, 0.2) is 0 Å². The molecule has 1 aliphatic carbocycles. The van der Waals surface area contributed by atoms with Crippen LogP contribution in [-0.4, -0.2) is 36.0 Å². The van der Waals surface area contributed by atoms with Gasteiger partial charge in [0.25, 0.3) is 0 Å². The van der Waals surface area contributed by atoms with E-state index in [9.17, 15) is 14.4 Å². The van der Waals surface area contributed by atoms with Crippen LogP contribution in [0.1, 0.15) is 70.4 Å². The van der Waals surface area contributed by atoms with E-state index in [-0.39, 0.29) is 5.91 Å². The molecule has 2 N–H and O–H groups in total. The largest absolute Gasteiger partial charge is 0.444 e. The topological polar surface area (TPSA) is 84.5 Å². The van der Waals surface area contributed by atoms with Crippen LogP contribution in [0.15, 0.2) is 24.3 Å². The van der Waals surface area contributed by atoms with Gasteiger partial charge in [0.1, 0.15) is 17.9 Å². The van der Waals surface area contributed by atoms with E-state index in [1.54, 1.807) is 20.8 Å². The molecular weight excluding hydrogens is 380 g/mol. The van der Waals surface area contributed by atoms with E-state index in [1.807, 2.05) is 31.2 Å². The minimum atomic E-state index is -0.824. The molecule has 0 aliphatic heterocycles. The second-order valence-corrected chi connectivity index (χ2v) is 9.32. The molecule has 1 aromatic carbocycles. The van der Waals surface area contributed by atoms with Gasteiger partial charge in [0, 0.05) is 6.42 Å². The van der Waals surface area contributed by atoms with Crippen LogP contribution < -0.4 is 10.6 Å². The molecule has 2 rings (SSSR count). The maximum absolute atomic E-state index is 13.0. The molecule has 0 saturated heterocycles. The lowest BCUT2D eigenvalue weighted by Gasteiger charge is -2.27. The fraction of sp³-hybridized carbons (Fsp3) is 0.625. The van der Waals surface area contributed by atoms with E-state index >= 15 is 0 Å². The van der Waals surface area contributed by atoms with Gasteiger partial charge in [0.2, 0.25) is 5.91 Å². The third-order valence-corrected chi connectivity index (χ3v) is 5.50. The summed E-state index contributed by atoms with van der Waals surface area (Å²) in [5.41, 5.74) is 1.33. The zero-order valence-corrected chi connectivity index (χ0v) is 18.7. The van der Waals surface area contributed by atoms with Crippen LogP contribution in [0.5, 0.6) is 0 Å². The van der Waals surface area contributed by atoms with Crippen molar-refractivity contribution < 1.29 is 19.1 Å². The first-order chi connectivity index (χ1) is 14.2. The lowest BCUT2D eigenvalue weighted by Crippen LogP contribution is -2.52. The first-order valence-corrected chi connectivity index (χ1v) is 11.0. The number of alkyl carbamates (subject to hydrolysis) is 1. The summed E-state index contributed by atoms with van der Waals surface area (Å²) >= 11 is 0. The average molecular weight is 417 g/mol. The highest BCUT2D eigenvalue weighted by Gasteiger charge is 2.28. The van der Waals surface area contributed by atoms with Crippen molar-refractivity contribution in [1.29, 1.82) is 0 Å². The van der Waals surface area contributed by atoms with Gasteiger partial charge in [-0.3, -0.25) is 4.79 Å². The van der Waals surface area contributed by atoms with Gasteiger partial charge in [0.05, 0.1) is 6.04 Å². The molecule has 166 valence electrons. The Morgan fingerprint density at radius 2 is 1.80 bits per heavy atom. The molecule has 1 saturated carbocycles. The lowest BCUT2D eigenvalue weighted by molar-refractivity contribution is -0.126. The van der Waals surface area contributed by atoms with E-state index in [0.717, 1.165) is 30.3 Å². The van der Waals surface area contributed by atoms with Crippen LogP contribution in [0.25, 0.3) is 0 Å². The molecule has 1 fully saturated rings. The molecule has 0 unspecified atom stereocenters. The number of carbonyl (C=O) groups excluding carboxylic acids is 3. The Labute approximate surface area is 180 Å². The van der Waals surface area contributed by atoms with Gasteiger partial charge < -0.3 is 20.2 Å². The summed E-state index contributed by atoms with van der Waals surface area (Å²) in [6.45, 7) is 7.29. The van der Waals surface area contributed by atoms with E-state index in [1.165, 1.54) is 19.3 Å². The number of benzene rings is 1. The Hall–Kier alpha value is -2.37. The zero-order valence-electron chi connectivity index (χ0n) is 18.7. The predicted molar refractivity (Wildman–Crippen MR) is 117 cm³/mol. The van der Waals surface area contributed by atoms with Gasteiger partial charge in [-0.2, -0.15) is 0 Å². The van der Waals surface area contributed by atoms with Crippen molar-refractivity contribution in [3.63, 3.8) is 0 Å². The maximum atomic E-state index is 13.0. The van der Waals surface area contributed by atoms with Crippen LogP contribution in [0.3, 0.4) is 0 Å². The molecule has 0 radical (unpaired) electrons. The normalized spacial score (nSPS) is 16.9. The van der Waals surface area contributed by atoms with Crippen molar-refractivity contribution in [2.75, 3.05) is 0 Å². The molecule has 1 aromatic rings. The molecule has 0 spiro atoms. The van der Waals surface area contributed by atoms with Crippen LogP contribution in [0, 0.1) is 12.8 Å². The van der Waals surface area contributed by atoms with Gasteiger partial charge in [-0.1, -0.05) is 56.4 Å². The number of ether oxygens (including phenoxy) is 1. The van der Waals surface area contributed by atoms with Gasteiger partial charge >= 0.3 is 6.09 Å². The van der Waals surface area contributed by atoms with Crippen molar-refractivity contribution in [3.05, 3.63) is 35.4 Å². The number of aldehydes is 1. The van der Waals surface area contributed by atoms with Crippen molar-refractivity contribution in [2.24, 2.45) is 5.92 Å². The van der Waals surface area contributed by atoms with E-state index < -0.39 is 23.8 Å². The third-order valence-electron chi connectivity index (χ3n) is 5.50. The third kappa shape index (κ3) is 8.17. The zero-order chi connectivity index (χ0) is 22.1. The van der Waals surface area contributed by atoms with Crippen LogP contribution in [0.2, 0.25) is 0 Å². The Bertz CT molecular complexity index is 720. The predicted octanol–water partition coefficient (Wildman–Crippen LogP) is 4.08. The SMILES string of the molecule is Cc1ccccc1C[C@H](NC(=O)OC(C)(C)C)C(=O)N[C@H](C=O)CC1CCCCC1. The Morgan fingerprint density at radius 3 is 2.40 bits per heavy atom. The Kier molecular flexibility index (Phi) is 8.88. The van der Waals surface area contributed by atoms with E-state index in [2.05, 4.69) is 10.6 Å².